The second-order valence-electron chi connectivity index (χ2n) is 8.04. The van der Waals surface area contributed by atoms with Gasteiger partial charge < -0.3 is 14.6 Å². The van der Waals surface area contributed by atoms with Crippen molar-refractivity contribution in [3.63, 3.8) is 0 Å². The van der Waals surface area contributed by atoms with E-state index in [-0.39, 0.29) is 6.54 Å². The average Bonchev–Trinajstić information content (AvgIpc) is 3.33. The molecule has 0 unspecified atom stereocenters. The monoisotopic (exact) mass is 477 g/mol. The Hall–Kier alpha value is -3.52. The van der Waals surface area contributed by atoms with Crippen LogP contribution in [0.5, 0.6) is 5.75 Å². The Balaban J connectivity index is 1.50. The fraction of sp³-hybridized carbons (Fsp3) is 0.269. The number of thioether (sulfide) groups is 1. The van der Waals surface area contributed by atoms with E-state index in [1.165, 1.54) is 0 Å². The molecule has 0 bridgehead atoms. The maximum Gasteiger partial charge on any atom is 0.294 e. The molecule has 3 aromatic rings. The van der Waals surface area contributed by atoms with Crippen molar-refractivity contribution in [1.82, 2.24) is 9.47 Å². The molecule has 1 fully saturated rings. The SMILES string of the molecule is CCOc1ccc(NC(=O)CN2C(=O)S/C(=C/c3cn([C@H](C)CC)c4ccccc34)C2=O)cc1. The summed E-state index contributed by atoms with van der Waals surface area (Å²) in [5.41, 5.74) is 2.52. The van der Waals surface area contributed by atoms with Crippen molar-refractivity contribution >= 4 is 51.5 Å². The Morgan fingerprint density at radius 1 is 1.12 bits per heavy atom. The van der Waals surface area contributed by atoms with Crippen LogP contribution in [0.3, 0.4) is 0 Å². The molecule has 2 aromatic carbocycles. The number of hydrogen-bond donors (Lipinski definition) is 1. The smallest absolute Gasteiger partial charge is 0.294 e. The molecule has 0 spiro atoms. The number of carbonyl (C=O) groups is 3. The molecule has 34 heavy (non-hydrogen) atoms. The molecule has 7 nitrogen and oxygen atoms in total. The predicted molar refractivity (Wildman–Crippen MR) is 136 cm³/mol. The van der Waals surface area contributed by atoms with Crippen molar-refractivity contribution in [2.75, 3.05) is 18.5 Å². The Kier molecular flexibility index (Phi) is 7.07. The maximum absolute atomic E-state index is 13.0. The van der Waals surface area contributed by atoms with E-state index in [1.807, 2.05) is 31.3 Å². The number of carbonyl (C=O) groups excluding carboxylic acids is 3. The van der Waals surface area contributed by atoms with Gasteiger partial charge in [0.25, 0.3) is 11.1 Å². The van der Waals surface area contributed by atoms with E-state index < -0.39 is 17.1 Å². The summed E-state index contributed by atoms with van der Waals surface area (Å²) in [6, 6.07) is 15.2. The molecule has 4 rings (SSSR count). The van der Waals surface area contributed by atoms with E-state index in [0.717, 1.165) is 39.5 Å². The van der Waals surface area contributed by atoms with Crippen LogP contribution in [0, 0.1) is 0 Å². The van der Waals surface area contributed by atoms with E-state index in [0.29, 0.717) is 29.0 Å². The fourth-order valence-electron chi connectivity index (χ4n) is 3.83. The minimum absolute atomic E-state index is 0.299. The van der Waals surface area contributed by atoms with Gasteiger partial charge in [0.05, 0.1) is 11.5 Å². The lowest BCUT2D eigenvalue weighted by atomic mass is 10.1. The second kappa shape index (κ2) is 10.2. The van der Waals surface area contributed by atoms with Gasteiger partial charge in [-0.05, 0) is 68.4 Å². The normalized spacial score (nSPS) is 15.9. The van der Waals surface area contributed by atoms with Crippen LogP contribution >= 0.6 is 11.8 Å². The van der Waals surface area contributed by atoms with Crippen LogP contribution in [0.25, 0.3) is 17.0 Å². The van der Waals surface area contributed by atoms with Crippen LogP contribution in [0.4, 0.5) is 10.5 Å². The van der Waals surface area contributed by atoms with Gasteiger partial charge in [0, 0.05) is 34.4 Å². The van der Waals surface area contributed by atoms with Crippen molar-refractivity contribution in [3.05, 3.63) is 65.2 Å². The van der Waals surface area contributed by atoms with E-state index in [4.69, 9.17) is 4.74 Å². The number of imide groups is 1. The molecule has 3 amide bonds. The number of rotatable bonds is 8. The summed E-state index contributed by atoms with van der Waals surface area (Å²) in [5, 5.41) is 3.28. The summed E-state index contributed by atoms with van der Waals surface area (Å²) in [7, 11) is 0. The zero-order chi connectivity index (χ0) is 24.2. The lowest BCUT2D eigenvalue weighted by Gasteiger charge is -2.12. The molecule has 1 N–H and O–H groups in total. The minimum Gasteiger partial charge on any atom is -0.494 e. The molecule has 1 aromatic heterocycles. The molecule has 0 radical (unpaired) electrons. The molecular formula is C26H27N3O4S. The molecule has 2 heterocycles. The highest BCUT2D eigenvalue weighted by Crippen LogP contribution is 2.35. The Morgan fingerprint density at radius 2 is 1.85 bits per heavy atom. The van der Waals surface area contributed by atoms with Gasteiger partial charge in [0.15, 0.2) is 0 Å². The number of para-hydroxylation sites is 1. The average molecular weight is 478 g/mol. The first kappa shape index (κ1) is 23.6. The third kappa shape index (κ3) is 4.87. The number of fused-ring (bicyclic) bond motifs is 1. The standard InChI is InChI=1S/C26H27N3O4S/c1-4-17(3)28-15-18(21-8-6-7-9-22(21)28)14-23-25(31)29(26(32)34-23)16-24(30)27-19-10-12-20(13-11-19)33-5-2/h6-15,17H,4-5,16H2,1-3H3,(H,27,30)/b23-14+/t17-/m1/s1. The summed E-state index contributed by atoms with van der Waals surface area (Å²) in [6.45, 7) is 6.38. The number of amides is 3. The van der Waals surface area contributed by atoms with Crippen molar-refractivity contribution in [2.45, 2.75) is 33.2 Å². The first-order chi connectivity index (χ1) is 16.4. The summed E-state index contributed by atoms with van der Waals surface area (Å²) in [4.78, 5) is 39.3. The Labute approximate surface area is 202 Å². The van der Waals surface area contributed by atoms with Crippen molar-refractivity contribution in [3.8, 4) is 5.75 Å². The molecule has 0 saturated carbocycles. The maximum atomic E-state index is 13.0. The largest absolute Gasteiger partial charge is 0.494 e. The van der Waals surface area contributed by atoms with Crippen molar-refractivity contribution in [1.29, 1.82) is 0 Å². The number of ether oxygens (including phenoxy) is 1. The molecule has 1 aliphatic heterocycles. The highest BCUT2D eigenvalue weighted by Gasteiger charge is 2.36. The van der Waals surface area contributed by atoms with Gasteiger partial charge in [-0.2, -0.15) is 0 Å². The number of benzene rings is 2. The van der Waals surface area contributed by atoms with Gasteiger partial charge in [-0.25, -0.2) is 0 Å². The number of anilines is 1. The van der Waals surface area contributed by atoms with Crippen LogP contribution in [0.15, 0.2) is 59.6 Å². The minimum atomic E-state index is -0.461. The van der Waals surface area contributed by atoms with Gasteiger partial charge in [0.1, 0.15) is 12.3 Å². The van der Waals surface area contributed by atoms with Crippen LogP contribution in [-0.2, 0) is 9.59 Å². The first-order valence-corrected chi connectivity index (χ1v) is 12.1. The summed E-state index contributed by atoms with van der Waals surface area (Å²) in [5.74, 6) is -0.204. The highest BCUT2D eigenvalue weighted by atomic mass is 32.2. The summed E-state index contributed by atoms with van der Waals surface area (Å²) in [6.07, 6.45) is 4.74. The molecule has 1 aliphatic rings. The third-order valence-corrected chi connectivity index (χ3v) is 6.66. The molecule has 176 valence electrons. The van der Waals surface area contributed by atoms with Crippen molar-refractivity contribution in [2.24, 2.45) is 0 Å². The van der Waals surface area contributed by atoms with Gasteiger partial charge in [0.2, 0.25) is 5.91 Å². The zero-order valence-electron chi connectivity index (χ0n) is 19.4. The lowest BCUT2D eigenvalue weighted by Crippen LogP contribution is -2.36. The van der Waals surface area contributed by atoms with Crippen LogP contribution in [0.1, 0.15) is 38.8 Å². The first-order valence-electron chi connectivity index (χ1n) is 11.3. The molecule has 8 heteroatoms. The van der Waals surface area contributed by atoms with Gasteiger partial charge in [-0.15, -0.1) is 0 Å². The second-order valence-corrected chi connectivity index (χ2v) is 9.03. The summed E-state index contributed by atoms with van der Waals surface area (Å²) >= 11 is 0.857. The Bertz CT molecular complexity index is 1260. The van der Waals surface area contributed by atoms with E-state index in [2.05, 4.69) is 29.8 Å². The Morgan fingerprint density at radius 3 is 2.56 bits per heavy atom. The molecule has 1 saturated heterocycles. The number of nitrogens with zero attached hydrogens (tertiary/aromatic N) is 2. The predicted octanol–water partition coefficient (Wildman–Crippen LogP) is 5.69. The molecule has 0 aliphatic carbocycles. The van der Waals surface area contributed by atoms with Gasteiger partial charge in [-0.3, -0.25) is 19.3 Å². The quantitative estimate of drug-likeness (QED) is 0.422. The molecular weight excluding hydrogens is 450 g/mol. The number of hydrogen-bond acceptors (Lipinski definition) is 5. The van der Waals surface area contributed by atoms with E-state index in [1.54, 1.807) is 30.3 Å². The number of nitrogens with one attached hydrogen (secondary N) is 1. The van der Waals surface area contributed by atoms with E-state index >= 15 is 0 Å². The van der Waals surface area contributed by atoms with Crippen LogP contribution in [0.2, 0.25) is 0 Å². The van der Waals surface area contributed by atoms with Gasteiger partial charge in [-0.1, -0.05) is 25.1 Å². The lowest BCUT2D eigenvalue weighted by molar-refractivity contribution is -0.127. The van der Waals surface area contributed by atoms with Gasteiger partial charge >= 0.3 is 0 Å². The van der Waals surface area contributed by atoms with Crippen LogP contribution < -0.4 is 10.1 Å². The number of aromatic nitrogens is 1. The third-order valence-electron chi connectivity index (χ3n) is 5.75. The van der Waals surface area contributed by atoms with E-state index in [9.17, 15) is 14.4 Å². The zero-order valence-corrected chi connectivity index (χ0v) is 20.2. The highest BCUT2D eigenvalue weighted by molar-refractivity contribution is 8.18. The van der Waals surface area contributed by atoms with Crippen LogP contribution in [-0.4, -0.2) is 39.7 Å². The molecule has 1 atom stereocenters. The fourth-order valence-corrected chi connectivity index (χ4v) is 4.66. The van der Waals surface area contributed by atoms with Crippen molar-refractivity contribution < 1.29 is 19.1 Å². The summed E-state index contributed by atoms with van der Waals surface area (Å²) < 4.78 is 7.58. The topological polar surface area (TPSA) is 80.6 Å².